The maximum absolute atomic E-state index is 10.9. The van der Waals surface area contributed by atoms with Crippen LogP contribution in [0.4, 0.5) is 0 Å². The molecule has 1 aromatic rings. The zero-order valence-corrected chi connectivity index (χ0v) is 10.2. The van der Waals surface area contributed by atoms with Crippen LogP contribution in [0.5, 0.6) is 0 Å². The first-order valence-corrected chi connectivity index (χ1v) is 6.29. The molecule has 16 heavy (non-hydrogen) atoms. The Hall–Kier alpha value is -0.690. The third kappa shape index (κ3) is 3.41. The van der Waals surface area contributed by atoms with E-state index < -0.39 is 0 Å². The van der Waals surface area contributed by atoms with Crippen LogP contribution in [-0.2, 0) is 11.3 Å². The maximum Gasteiger partial charge on any atom is 0.304 e. The molecule has 0 spiro atoms. The summed E-state index contributed by atoms with van der Waals surface area (Å²) >= 11 is 1.20. The van der Waals surface area contributed by atoms with Crippen molar-refractivity contribution in [1.29, 1.82) is 0 Å². The van der Waals surface area contributed by atoms with Gasteiger partial charge in [0.05, 0.1) is 12.7 Å². The molecule has 2 rings (SSSR count). The lowest BCUT2D eigenvalue weighted by atomic mass is 10.3. The van der Waals surface area contributed by atoms with Crippen molar-refractivity contribution < 1.29 is 4.74 Å². The van der Waals surface area contributed by atoms with E-state index in [2.05, 4.69) is 22.2 Å². The molecular weight excluding hydrogens is 226 g/mol. The first-order valence-electron chi connectivity index (χ1n) is 5.41. The molecular formula is C10H17N3O2S. The lowest BCUT2D eigenvalue weighted by molar-refractivity contribution is -0.0182. The van der Waals surface area contributed by atoms with E-state index >= 15 is 0 Å². The number of thiazole rings is 1. The van der Waals surface area contributed by atoms with Crippen LogP contribution in [0.2, 0.25) is 0 Å². The number of H-pyrrole nitrogens is 1. The predicted molar refractivity (Wildman–Crippen MR) is 63.9 cm³/mol. The zero-order chi connectivity index (χ0) is 11.4. The molecule has 1 aliphatic heterocycles. The number of hydrogen-bond donors (Lipinski definition) is 2. The topological polar surface area (TPSA) is 57.4 Å². The molecule has 1 atom stereocenters. The van der Waals surface area contributed by atoms with Crippen LogP contribution < -0.4 is 10.2 Å². The van der Waals surface area contributed by atoms with Gasteiger partial charge < -0.3 is 19.9 Å². The van der Waals surface area contributed by atoms with Gasteiger partial charge in [-0.1, -0.05) is 11.3 Å². The maximum atomic E-state index is 10.9. The number of hydrogen-bond acceptors (Lipinski definition) is 5. The third-order valence-electron chi connectivity index (χ3n) is 2.60. The molecule has 2 heterocycles. The van der Waals surface area contributed by atoms with Gasteiger partial charge in [-0.2, -0.15) is 0 Å². The van der Waals surface area contributed by atoms with E-state index in [-0.39, 0.29) is 11.0 Å². The fraction of sp³-hybridized carbons (Fsp3) is 0.700. The molecule has 0 aromatic carbocycles. The molecule has 0 aliphatic carbocycles. The number of aromatic nitrogens is 1. The Morgan fingerprint density at radius 1 is 1.75 bits per heavy atom. The number of morpholine rings is 1. The second-order valence-electron chi connectivity index (χ2n) is 4.06. The van der Waals surface area contributed by atoms with Gasteiger partial charge in [-0.25, -0.2) is 0 Å². The van der Waals surface area contributed by atoms with Gasteiger partial charge in [-0.3, -0.25) is 4.79 Å². The normalized spacial score (nSPS) is 22.4. The van der Waals surface area contributed by atoms with Crippen LogP contribution in [0, 0.1) is 0 Å². The highest BCUT2D eigenvalue weighted by Gasteiger charge is 2.16. The Morgan fingerprint density at radius 3 is 3.31 bits per heavy atom. The Kier molecular flexibility index (Phi) is 4.11. The van der Waals surface area contributed by atoms with Crippen molar-refractivity contribution in [3.63, 3.8) is 0 Å². The Labute approximate surface area is 98.4 Å². The number of nitrogens with zero attached hydrogens (tertiary/aromatic N) is 1. The largest absolute Gasteiger partial charge is 0.374 e. The predicted octanol–water partition coefficient (Wildman–Crippen LogP) is -0.143. The fourth-order valence-corrected chi connectivity index (χ4v) is 2.34. The summed E-state index contributed by atoms with van der Waals surface area (Å²) < 4.78 is 5.62. The first-order chi connectivity index (χ1) is 7.74. The average Bonchev–Trinajstić information content (AvgIpc) is 2.64. The van der Waals surface area contributed by atoms with E-state index in [0.717, 1.165) is 31.9 Å². The minimum atomic E-state index is 0.00505. The van der Waals surface area contributed by atoms with Crippen LogP contribution >= 0.6 is 11.3 Å². The molecule has 0 amide bonds. The third-order valence-corrected chi connectivity index (χ3v) is 3.32. The Bertz CT molecular complexity index is 376. The van der Waals surface area contributed by atoms with Crippen molar-refractivity contribution in [2.24, 2.45) is 0 Å². The highest BCUT2D eigenvalue weighted by atomic mass is 32.1. The van der Waals surface area contributed by atoms with Gasteiger partial charge in [-0.15, -0.1) is 0 Å². The number of ether oxygens (including phenoxy) is 1. The van der Waals surface area contributed by atoms with Crippen LogP contribution in [0.25, 0.3) is 0 Å². The van der Waals surface area contributed by atoms with Crippen molar-refractivity contribution in [1.82, 2.24) is 15.2 Å². The van der Waals surface area contributed by atoms with E-state index in [4.69, 9.17) is 4.74 Å². The SMILES string of the molecule is CN1CCOC(CNCc2csc(=O)[nH]2)C1. The molecule has 0 saturated carbocycles. The zero-order valence-electron chi connectivity index (χ0n) is 9.36. The summed E-state index contributed by atoms with van der Waals surface area (Å²) in [6, 6.07) is 0. The Morgan fingerprint density at radius 2 is 2.62 bits per heavy atom. The molecule has 1 saturated heterocycles. The minimum absolute atomic E-state index is 0.00505. The Balaban J connectivity index is 1.69. The number of nitrogens with one attached hydrogen (secondary N) is 2. The number of likely N-dealkylation sites (N-methyl/N-ethyl adjacent to an activating group) is 1. The summed E-state index contributed by atoms with van der Waals surface area (Å²) in [5, 5.41) is 5.14. The molecule has 2 N–H and O–H groups in total. The lowest BCUT2D eigenvalue weighted by Gasteiger charge is -2.30. The van der Waals surface area contributed by atoms with Gasteiger partial charge in [0.15, 0.2) is 0 Å². The van der Waals surface area contributed by atoms with E-state index in [9.17, 15) is 4.79 Å². The van der Waals surface area contributed by atoms with Gasteiger partial charge >= 0.3 is 4.87 Å². The molecule has 0 bridgehead atoms. The standard InChI is InChI=1S/C10H17N3O2S/c1-13-2-3-15-9(6-13)5-11-4-8-7-16-10(14)12-8/h7,9,11H,2-6H2,1H3,(H,12,14). The molecule has 6 heteroatoms. The molecule has 1 unspecified atom stereocenters. The van der Waals surface area contributed by atoms with Gasteiger partial charge in [0, 0.05) is 37.3 Å². The lowest BCUT2D eigenvalue weighted by Crippen LogP contribution is -2.44. The summed E-state index contributed by atoms with van der Waals surface area (Å²) in [7, 11) is 2.10. The van der Waals surface area contributed by atoms with Crippen LogP contribution in [-0.4, -0.2) is 49.3 Å². The highest BCUT2D eigenvalue weighted by Crippen LogP contribution is 2.02. The van der Waals surface area contributed by atoms with Crippen molar-refractivity contribution in [3.8, 4) is 0 Å². The summed E-state index contributed by atoms with van der Waals surface area (Å²) in [6.45, 7) is 4.30. The van der Waals surface area contributed by atoms with Crippen molar-refractivity contribution in [3.05, 3.63) is 20.7 Å². The van der Waals surface area contributed by atoms with E-state index in [0.29, 0.717) is 6.54 Å². The van der Waals surface area contributed by atoms with Gasteiger partial charge in [0.2, 0.25) is 0 Å². The first kappa shape index (κ1) is 11.8. The van der Waals surface area contributed by atoms with Gasteiger partial charge in [0.25, 0.3) is 0 Å². The summed E-state index contributed by atoms with van der Waals surface area (Å²) in [6.07, 6.45) is 0.254. The molecule has 90 valence electrons. The van der Waals surface area contributed by atoms with Crippen molar-refractivity contribution in [2.75, 3.05) is 33.3 Å². The van der Waals surface area contributed by atoms with Crippen LogP contribution in [0.1, 0.15) is 5.69 Å². The average molecular weight is 243 g/mol. The molecule has 1 aliphatic rings. The monoisotopic (exact) mass is 243 g/mol. The van der Waals surface area contributed by atoms with Crippen molar-refractivity contribution in [2.45, 2.75) is 12.6 Å². The van der Waals surface area contributed by atoms with E-state index in [1.807, 2.05) is 5.38 Å². The molecule has 1 fully saturated rings. The quantitative estimate of drug-likeness (QED) is 0.772. The summed E-state index contributed by atoms with van der Waals surface area (Å²) in [4.78, 5) is 15.9. The van der Waals surface area contributed by atoms with Crippen LogP contribution in [0.15, 0.2) is 10.2 Å². The van der Waals surface area contributed by atoms with Gasteiger partial charge in [-0.05, 0) is 7.05 Å². The molecule has 5 nitrogen and oxygen atoms in total. The van der Waals surface area contributed by atoms with Crippen molar-refractivity contribution >= 4 is 11.3 Å². The highest BCUT2D eigenvalue weighted by molar-refractivity contribution is 7.07. The molecule has 0 radical (unpaired) electrons. The second kappa shape index (κ2) is 5.58. The summed E-state index contributed by atoms with van der Waals surface area (Å²) in [5.41, 5.74) is 0.944. The fourth-order valence-electron chi connectivity index (χ4n) is 1.76. The summed E-state index contributed by atoms with van der Waals surface area (Å²) in [5.74, 6) is 0. The molecule has 1 aromatic heterocycles. The minimum Gasteiger partial charge on any atom is -0.374 e. The second-order valence-corrected chi connectivity index (χ2v) is 4.90. The van der Waals surface area contributed by atoms with Gasteiger partial charge in [0.1, 0.15) is 0 Å². The number of aromatic amines is 1. The van der Waals surface area contributed by atoms with E-state index in [1.54, 1.807) is 0 Å². The van der Waals surface area contributed by atoms with Crippen LogP contribution in [0.3, 0.4) is 0 Å². The number of rotatable bonds is 4. The van der Waals surface area contributed by atoms with E-state index in [1.165, 1.54) is 11.3 Å². The smallest absolute Gasteiger partial charge is 0.304 e.